The molecule has 0 aliphatic rings. The lowest BCUT2D eigenvalue weighted by Crippen LogP contribution is -2.10. The highest BCUT2D eigenvalue weighted by atomic mass is 16.7. The van der Waals surface area contributed by atoms with Gasteiger partial charge in [-0.2, -0.15) is 0 Å². The fourth-order valence-corrected chi connectivity index (χ4v) is 3.08. The average Bonchev–Trinajstić information content (AvgIpc) is 2.88. The minimum absolute atomic E-state index is 0.200. The second-order valence-electron chi connectivity index (χ2n) is 7.76. The van der Waals surface area contributed by atoms with Crippen LogP contribution in [0.2, 0.25) is 0 Å². The minimum Gasteiger partial charge on any atom is -0.462 e. The first-order valence-corrected chi connectivity index (χ1v) is 11.1. The van der Waals surface area contributed by atoms with Crippen LogP contribution in [0.4, 0.5) is 0 Å². The highest BCUT2D eigenvalue weighted by molar-refractivity contribution is 5.91. The number of benzene rings is 3. The van der Waals surface area contributed by atoms with E-state index in [4.69, 9.17) is 18.9 Å². The van der Waals surface area contributed by atoms with Crippen LogP contribution < -0.4 is 9.47 Å². The summed E-state index contributed by atoms with van der Waals surface area (Å²) < 4.78 is 20.7. The molecule has 184 valence electrons. The van der Waals surface area contributed by atoms with Gasteiger partial charge in [-0.15, -0.1) is 0 Å². The monoisotopic (exact) mass is 486 g/mol. The summed E-state index contributed by atoms with van der Waals surface area (Å²) in [6, 6.07) is 18.2. The highest BCUT2D eigenvalue weighted by Gasteiger charge is 2.05. The Kier molecular flexibility index (Phi) is 9.17. The molecule has 36 heavy (non-hydrogen) atoms. The Bertz CT molecular complexity index is 1300. The predicted molar refractivity (Wildman–Crippen MR) is 136 cm³/mol. The summed E-state index contributed by atoms with van der Waals surface area (Å²) in [5.74, 6) is -0.497. The van der Waals surface area contributed by atoms with E-state index in [0.717, 1.165) is 28.0 Å². The van der Waals surface area contributed by atoms with Gasteiger partial charge in [-0.05, 0) is 65.2 Å². The van der Waals surface area contributed by atoms with Gasteiger partial charge in [0.05, 0.1) is 6.61 Å². The van der Waals surface area contributed by atoms with Gasteiger partial charge in [-0.25, -0.2) is 14.4 Å². The summed E-state index contributed by atoms with van der Waals surface area (Å²) in [5, 5.41) is 1.88. The molecule has 0 saturated carbocycles. The molecule has 7 heteroatoms. The van der Waals surface area contributed by atoms with Crippen LogP contribution >= 0.6 is 0 Å². The minimum atomic E-state index is -0.508. The van der Waals surface area contributed by atoms with Crippen LogP contribution in [0.25, 0.3) is 16.8 Å². The first-order valence-electron chi connectivity index (χ1n) is 11.1. The summed E-state index contributed by atoms with van der Waals surface area (Å²) in [5.41, 5.74) is 2.08. The Hall–Kier alpha value is -4.65. The number of hydrogen-bond acceptors (Lipinski definition) is 7. The van der Waals surface area contributed by atoms with Crippen molar-refractivity contribution in [1.29, 1.82) is 0 Å². The maximum atomic E-state index is 12.2. The molecule has 0 aliphatic carbocycles. The van der Waals surface area contributed by atoms with Gasteiger partial charge in [-0.3, -0.25) is 0 Å². The van der Waals surface area contributed by atoms with Gasteiger partial charge in [0.1, 0.15) is 11.5 Å². The lowest BCUT2D eigenvalue weighted by molar-refractivity contribution is -0.145. The van der Waals surface area contributed by atoms with E-state index in [0.29, 0.717) is 23.5 Å². The van der Waals surface area contributed by atoms with Crippen molar-refractivity contribution in [3.63, 3.8) is 0 Å². The normalized spacial score (nSPS) is 10.6. The largest absolute Gasteiger partial charge is 0.462 e. The van der Waals surface area contributed by atoms with Crippen molar-refractivity contribution in [2.45, 2.75) is 13.3 Å². The second-order valence-corrected chi connectivity index (χ2v) is 7.76. The van der Waals surface area contributed by atoms with Crippen LogP contribution in [-0.2, 0) is 30.3 Å². The number of rotatable bonds is 11. The molecule has 0 amide bonds. The zero-order valence-electron chi connectivity index (χ0n) is 19.9. The first kappa shape index (κ1) is 26.0. The van der Waals surface area contributed by atoms with Gasteiger partial charge < -0.3 is 18.9 Å². The third-order valence-corrected chi connectivity index (χ3v) is 4.96. The van der Waals surface area contributed by atoms with Crippen LogP contribution in [0.15, 0.2) is 91.5 Å². The molecule has 7 nitrogen and oxygen atoms in total. The van der Waals surface area contributed by atoms with E-state index >= 15 is 0 Å². The van der Waals surface area contributed by atoms with Gasteiger partial charge in [-0.1, -0.05) is 43.5 Å². The topological polar surface area (TPSA) is 88.1 Å². The van der Waals surface area contributed by atoms with E-state index < -0.39 is 17.9 Å². The van der Waals surface area contributed by atoms with Crippen molar-refractivity contribution in [2.75, 3.05) is 13.4 Å². The van der Waals surface area contributed by atoms with Gasteiger partial charge in [0, 0.05) is 24.1 Å². The molecular formula is C29H26O7. The molecule has 0 aromatic heterocycles. The zero-order valence-corrected chi connectivity index (χ0v) is 19.9. The molecule has 3 rings (SSSR count). The molecule has 0 N–H and O–H groups in total. The molecule has 0 aliphatic heterocycles. The van der Waals surface area contributed by atoms with Crippen molar-refractivity contribution in [3.05, 3.63) is 103 Å². The number of carbonyl (C=O) groups excluding carboxylic acids is 3. The molecule has 3 aromatic carbocycles. The van der Waals surface area contributed by atoms with Gasteiger partial charge in [0.2, 0.25) is 6.79 Å². The lowest BCUT2D eigenvalue weighted by Gasteiger charge is -2.08. The molecule has 0 radical (unpaired) electrons. The predicted octanol–water partition coefficient (Wildman–Crippen LogP) is 5.19. The van der Waals surface area contributed by atoms with Crippen molar-refractivity contribution in [2.24, 2.45) is 0 Å². The zero-order chi connectivity index (χ0) is 25.9. The standard InChI is InChI=1S/C29H26O7/c1-4-27(30)33-16-15-21-6-11-25(12-7-21)36-28(31)14-8-22-5-9-24-18-26(13-10-23(24)17-22)34-19-35-29(32)20(2)3/h4-14,17-18H,1-2,15-16,19H2,3H3/b14-8+. The van der Waals surface area contributed by atoms with E-state index in [1.165, 1.54) is 6.08 Å². The van der Waals surface area contributed by atoms with Crippen LogP contribution in [0.1, 0.15) is 18.1 Å². The van der Waals surface area contributed by atoms with Crippen molar-refractivity contribution in [1.82, 2.24) is 0 Å². The number of carbonyl (C=O) groups is 3. The quantitative estimate of drug-likeness (QED) is 0.160. The Morgan fingerprint density at radius 1 is 0.861 bits per heavy atom. The van der Waals surface area contributed by atoms with E-state index in [-0.39, 0.29) is 13.4 Å². The molecule has 0 spiro atoms. The first-order chi connectivity index (χ1) is 17.3. The van der Waals surface area contributed by atoms with E-state index in [1.54, 1.807) is 43.3 Å². The lowest BCUT2D eigenvalue weighted by atomic mass is 10.1. The Morgan fingerprint density at radius 3 is 2.28 bits per heavy atom. The molecule has 0 atom stereocenters. The number of ether oxygens (including phenoxy) is 4. The third kappa shape index (κ3) is 7.99. The molecule has 0 fully saturated rings. The third-order valence-electron chi connectivity index (χ3n) is 4.96. The Morgan fingerprint density at radius 2 is 1.56 bits per heavy atom. The summed E-state index contributed by atoms with van der Waals surface area (Å²) in [6.45, 7) is 8.48. The summed E-state index contributed by atoms with van der Waals surface area (Å²) >= 11 is 0. The molecule has 3 aromatic rings. The van der Waals surface area contributed by atoms with E-state index in [9.17, 15) is 14.4 Å². The molecule has 0 saturated heterocycles. The molecule has 0 heterocycles. The maximum absolute atomic E-state index is 12.2. The van der Waals surface area contributed by atoms with Crippen LogP contribution in [0.5, 0.6) is 11.5 Å². The number of fused-ring (bicyclic) bond motifs is 1. The smallest absolute Gasteiger partial charge is 0.336 e. The van der Waals surface area contributed by atoms with Crippen LogP contribution in [-0.4, -0.2) is 31.3 Å². The van der Waals surface area contributed by atoms with Crippen molar-refractivity contribution >= 4 is 34.8 Å². The Balaban J connectivity index is 1.52. The number of esters is 3. The highest BCUT2D eigenvalue weighted by Crippen LogP contribution is 2.23. The summed E-state index contributed by atoms with van der Waals surface area (Å²) in [4.78, 5) is 34.7. The number of hydrogen-bond donors (Lipinski definition) is 0. The second kappa shape index (κ2) is 12.7. The van der Waals surface area contributed by atoms with Crippen molar-refractivity contribution < 1.29 is 33.3 Å². The van der Waals surface area contributed by atoms with Crippen LogP contribution in [0.3, 0.4) is 0 Å². The summed E-state index contributed by atoms with van der Waals surface area (Å²) in [6.07, 6.45) is 4.70. The fraction of sp³-hybridized carbons (Fsp3) is 0.138. The Labute approximate surface area is 209 Å². The molecular weight excluding hydrogens is 460 g/mol. The molecule has 0 bridgehead atoms. The average molecular weight is 487 g/mol. The van der Waals surface area contributed by atoms with Gasteiger partial charge in [0.15, 0.2) is 0 Å². The SMILES string of the molecule is C=CC(=O)OCCc1ccc(OC(=O)/C=C/c2ccc3cc(OCOC(=O)C(=C)C)ccc3c2)cc1. The fourth-order valence-electron chi connectivity index (χ4n) is 3.08. The molecule has 0 unspecified atom stereocenters. The van der Waals surface area contributed by atoms with Crippen molar-refractivity contribution in [3.8, 4) is 11.5 Å². The van der Waals surface area contributed by atoms with Gasteiger partial charge in [0.25, 0.3) is 0 Å². The van der Waals surface area contributed by atoms with Crippen LogP contribution in [0, 0.1) is 0 Å². The van der Waals surface area contributed by atoms with Gasteiger partial charge >= 0.3 is 17.9 Å². The maximum Gasteiger partial charge on any atom is 0.336 e. The van der Waals surface area contributed by atoms with E-state index in [1.807, 2.05) is 30.3 Å². The van der Waals surface area contributed by atoms with E-state index in [2.05, 4.69) is 13.2 Å². The summed E-state index contributed by atoms with van der Waals surface area (Å²) in [7, 11) is 0.